The first kappa shape index (κ1) is 14.5. The largest absolute Gasteiger partial charge is 0.271 e. The molecule has 2 rings (SSSR count). The van der Waals surface area contributed by atoms with Gasteiger partial charge in [-0.3, -0.25) is 11.3 Å². The van der Waals surface area contributed by atoms with Crippen LogP contribution in [-0.2, 0) is 6.42 Å². The van der Waals surface area contributed by atoms with Crippen molar-refractivity contribution in [2.45, 2.75) is 19.4 Å². The third kappa shape index (κ3) is 3.80. The molecule has 0 spiro atoms. The highest BCUT2D eigenvalue weighted by Crippen LogP contribution is 2.27. The Morgan fingerprint density at radius 3 is 2.74 bits per heavy atom. The van der Waals surface area contributed by atoms with Gasteiger partial charge >= 0.3 is 0 Å². The van der Waals surface area contributed by atoms with E-state index in [1.165, 1.54) is 5.56 Å². The first-order chi connectivity index (χ1) is 9.10. The standard InChI is InChI=1S/C15H16BrClN2/c1-10-5-6-14(16)13(7-10)15(19-18)9-11-3-2-4-12(17)8-11/h2-8,15,19H,9,18H2,1H3. The van der Waals surface area contributed by atoms with E-state index in [2.05, 4.69) is 46.5 Å². The lowest BCUT2D eigenvalue weighted by Crippen LogP contribution is -2.29. The second kappa shape index (κ2) is 6.53. The highest BCUT2D eigenvalue weighted by atomic mass is 79.9. The van der Waals surface area contributed by atoms with Gasteiger partial charge in [-0.1, -0.05) is 57.4 Å². The molecule has 0 bridgehead atoms. The van der Waals surface area contributed by atoms with Gasteiger partial charge in [-0.05, 0) is 42.7 Å². The molecule has 2 nitrogen and oxygen atoms in total. The Morgan fingerprint density at radius 2 is 2.05 bits per heavy atom. The predicted octanol–water partition coefficient (Wildman–Crippen LogP) is 4.16. The quantitative estimate of drug-likeness (QED) is 0.648. The second-order valence-corrected chi connectivity index (χ2v) is 5.87. The fraction of sp³-hybridized carbons (Fsp3) is 0.200. The Balaban J connectivity index is 2.27. The van der Waals surface area contributed by atoms with E-state index in [4.69, 9.17) is 17.4 Å². The maximum atomic E-state index is 6.01. The van der Waals surface area contributed by atoms with Crippen molar-refractivity contribution in [2.24, 2.45) is 5.84 Å². The van der Waals surface area contributed by atoms with Gasteiger partial charge in [0.1, 0.15) is 0 Å². The number of nitrogens with one attached hydrogen (secondary N) is 1. The number of hydrazine groups is 1. The van der Waals surface area contributed by atoms with Crippen LogP contribution in [0.2, 0.25) is 5.02 Å². The first-order valence-corrected chi connectivity index (χ1v) is 7.24. The highest BCUT2D eigenvalue weighted by molar-refractivity contribution is 9.10. The summed E-state index contributed by atoms with van der Waals surface area (Å²) in [6.45, 7) is 2.07. The van der Waals surface area contributed by atoms with Gasteiger partial charge < -0.3 is 0 Å². The highest BCUT2D eigenvalue weighted by Gasteiger charge is 2.14. The number of halogens is 2. The van der Waals surface area contributed by atoms with Crippen LogP contribution in [0.15, 0.2) is 46.9 Å². The van der Waals surface area contributed by atoms with Gasteiger partial charge in [0.15, 0.2) is 0 Å². The van der Waals surface area contributed by atoms with Gasteiger partial charge in [-0.25, -0.2) is 0 Å². The lowest BCUT2D eigenvalue weighted by molar-refractivity contribution is 0.549. The van der Waals surface area contributed by atoms with Crippen molar-refractivity contribution in [1.29, 1.82) is 0 Å². The molecule has 0 fully saturated rings. The van der Waals surface area contributed by atoms with E-state index in [9.17, 15) is 0 Å². The van der Waals surface area contributed by atoms with E-state index >= 15 is 0 Å². The Kier molecular flexibility index (Phi) is 4.99. The van der Waals surface area contributed by atoms with Gasteiger partial charge in [0, 0.05) is 9.50 Å². The third-order valence-electron chi connectivity index (χ3n) is 3.06. The molecule has 19 heavy (non-hydrogen) atoms. The monoisotopic (exact) mass is 338 g/mol. The van der Waals surface area contributed by atoms with Crippen molar-refractivity contribution < 1.29 is 0 Å². The summed E-state index contributed by atoms with van der Waals surface area (Å²) in [7, 11) is 0. The van der Waals surface area contributed by atoms with E-state index in [-0.39, 0.29) is 6.04 Å². The summed E-state index contributed by atoms with van der Waals surface area (Å²) in [5, 5.41) is 0.747. The predicted molar refractivity (Wildman–Crippen MR) is 84.1 cm³/mol. The molecular weight excluding hydrogens is 324 g/mol. The van der Waals surface area contributed by atoms with E-state index in [1.807, 2.05) is 24.3 Å². The zero-order chi connectivity index (χ0) is 13.8. The summed E-state index contributed by atoms with van der Waals surface area (Å²) in [5.41, 5.74) is 6.41. The van der Waals surface area contributed by atoms with Crippen LogP contribution in [0.1, 0.15) is 22.7 Å². The molecule has 2 aromatic carbocycles. The molecular formula is C15H16BrClN2. The van der Waals surface area contributed by atoms with Crippen molar-refractivity contribution in [2.75, 3.05) is 0 Å². The molecule has 100 valence electrons. The van der Waals surface area contributed by atoms with Crippen LogP contribution in [0.5, 0.6) is 0 Å². The molecule has 0 saturated heterocycles. The molecule has 0 radical (unpaired) electrons. The fourth-order valence-corrected chi connectivity index (χ4v) is 2.82. The van der Waals surface area contributed by atoms with Crippen molar-refractivity contribution in [1.82, 2.24) is 5.43 Å². The lowest BCUT2D eigenvalue weighted by atomic mass is 9.98. The van der Waals surface area contributed by atoms with E-state index in [0.717, 1.165) is 27.0 Å². The normalized spacial score (nSPS) is 12.4. The minimum Gasteiger partial charge on any atom is -0.271 e. The number of rotatable bonds is 4. The molecule has 0 aromatic heterocycles. The van der Waals surface area contributed by atoms with Crippen LogP contribution in [0.4, 0.5) is 0 Å². The Labute approximate surface area is 127 Å². The fourth-order valence-electron chi connectivity index (χ4n) is 2.09. The molecule has 3 N–H and O–H groups in total. The van der Waals surface area contributed by atoms with Crippen LogP contribution in [0.3, 0.4) is 0 Å². The Bertz CT molecular complexity index is 572. The first-order valence-electron chi connectivity index (χ1n) is 6.07. The zero-order valence-corrected chi connectivity index (χ0v) is 13.0. The van der Waals surface area contributed by atoms with Gasteiger partial charge in [-0.15, -0.1) is 0 Å². The second-order valence-electron chi connectivity index (χ2n) is 4.58. The zero-order valence-electron chi connectivity index (χ0n) is 10.7. The topological polar surface area (TPSA) is 38.0 Å². The van der Waals surface area contributed by atoms with E-state index in [1.54, 1.807) is 0 Å². The molecule has 0 aliphatic heterocycles. The maximum absolute atomic E-state index is 6.01. The van der Waals surface area contributed by atoms with Crippen LogP contribution in [-0.4, -0.2) is 0 Å². The summed E-state index contributed by atoms with van der Waals surface area (Å²) in [4.78, 5) is 0. The van der Waals surface area contributed by atoms with Crippen molar-refractivity contribution in [3.63, 3.8) is 0 Å². The molecule has 1 atom stereocenters. The molecule has 0 heterocycles. The number of hydrogen-bond donors (Lipinski definition) is 2. The number of aryl methyl sites for hydroxylation is 1. The minimum atomic E-state index is 0.0488. The summed E-state index contributed by atoms with van der Waals surface area (Å²) in [6.07, 6.45) is 0.791. The summed E-state index contributed by atoms with van der Waals surface area (Å²) >= 11 is 9.59. The van der Waals surface area contributed by atoms with Crippen LogP contribution >= 0.6 is 27.5 Å². The maximum Gasteiger partial charge on any atom is 0.0511 e. The van der Waals surface area contributed by atoms with Crippen LogP contribution in [0.25, 0.3) is 0 Å². The Morgan fingerprint density at radius 1 is 1.26 bits per heavy atom. The number of nitrogens with two attached hydrogens (primary N) is 1. The molecule has 0 saturated carbocycles. The van der Waals surface area contributed by atoms with E-state index < -0.39 is 0 Å². The van der Waals surface area contributed by atoms with E-state index in [0.29, 0.717) is 0 Å². The van der Waals surface area contributed by atoms with Gasteiger partial charge in [-0.2, -0.15) is 0 Å². The minimum absolute atomic E-state index is 0.0488. The van der Waals surface area contributed by atoms with Crippen LogP contribution < -0.4 is 11.3 Å². The average molecular weight is 340 g/mol. The summed E-state index contributed by atoms with van der Waals surface area (Å²) in [6, 6.07) is 14.2. The summed E-state index contributed by atoms with van der Waals surface area (Å²) in [5.74, 6) is 5.71. The molecule has 1 unspecified atom stereocenters. The Hall–Kier alpha value is -0.870. The molecule has 0 aliphatic rings. The SMILES string of the molecule is Cc1ccc(Br)c(C(Cc2cccc(Cl)c2)NN)c1. The van der Waals surface area contributed by atoms with Crippen LogP contribution in [0, 0.1) is 6.92 Å². The lowest BCUT2D eigenvalue weighted by Gasteiger charge is -2.18. The number of hydrogen-bond acceptors (Lipinski definition) is 2. The van der Waals surface area contributed by atoms with Crippen molar-refractivity contribution in [3.05, 3.63) is 68.7 Å². The smallest absolute Gasteiger partial charge is 0.0511 e. The molecule has 0 aliphatic carbocycles. The molecule has 0 amide bonds. The number of benzene rings is 2. The van der Waals surface area contributed by atoms with Gasteiger partial charge in [0.05, 0.1) is 6.04 Å². The summed E-state index contributed by atoms with van der Waals surface area (Å²) < 4.78 is 1.06. The third-order valence-corrected chi connectivity index (χ3v) is 4.01. The average Bonchev–Trinajstić information content (AvgIpc) is 2.39. The van der Waals surface area contributed by atoms with Crippen molar-refractivity contribution >= 4 is 27.5 Å². The van der Waals surface area contributed by atoms with Gasteiger partial charge in [0.2, 0.25) is 0 Å². The van der Waals surface area contributed by atoms with Crippen molar-refractivity contribution in [3.8, 4) is 0 Å². The molecule has 2 aromatic rings. The van der Waals surface area contributed by atoms with Gasteiger partial charge in [0.25, 0.3) is 0 Å². The molecule has 4 heteroatoms.